The first-order valence-electron chi connectivity index (χ1n) is 7.18. The molecule has 0 heterocycles. The third-order valence-electron chi connectivity index (χ3n) is 3.38. The summed E-state index contributed by atoms with van der Waals surface area (Å²) in [4.78, 5) is 12.5. The Labute approximate surface area is 168 Å². The average molecular weight is 488 g/mol. The summed E-state index contributed by atoms with van der Waals surface area (Å²) >= 11 is 11.9. The van der Waals surface area contributed by atoms with Gasteiger partial charge in [-0.2, -0.15) is 0 Å². The Hall–Kier alpha value is -1.64. The standard InChI is InChI=1S/C17H16Br2N2O3S/c1-8-4-9(2)14(22)13(5-8)20-17(25)21-16(23)11-6-10(18)7-12(19)15(11)24-3/h4-7,22H,1-3H3,(H2,20,21,23,25). The van der Waals surface area contributed by atoms with E-state index in [2.05, 4.69) is 42.5 Å². The van der Waals surface area contributed by atoms with Gasteiger partial charge in [0.2, 0.25) is 0 Å². The first-order chi connectivity index (χ1) is 11.7. The zero-order valence-corrected chi connectivity index (χ0v) is 17.7. The van der Waals surface area contributed by atoms with E-state index in [-0.39, 0.29) is 10.9 Å². The van der Waals surface area contributed by atoms with E-state index in [1.165, 1.54) is 7.11 Å². The number of hydrogen-bond acceptors (Lipinski definition) is 4. The van der Waals surface area contributed by atoms with Crippen LogP contribution in [0.2, 0.25) is 0 Å². The van der Waals surface area contributed by atoms with E-state index in [1.807, 2.05) is 13.0 Å². The molecule has 0 aliphatic carbocycles. The van der Waals surface area contributed by atoms with Crippen molar-refractivity contribution < 1.29 is 14.6 Å². The SMILES string of the molecule is COc1c(Br)cc(Br)cc1C(=O)NC(=S)Nc1cc(C)cc(C)c1O. The van der Waals surface area contributed by atoms with Gasteiger partial charge in [-0.1, -0.05) is 22.0 Å². The minimum absolute atomic E-state index is 0.0726. The Morgan fingerprint density at radius 2 is 1.88 bits per heavy atom. The highest BCUT2D eigenvalue weighted by Crippen LogP contribution is 2.33. The fourth-order valence-corrected chi connectivity index (χ4v) is 3.91. The molecule has 1 amide bonds. The number of aromatic hydroxyl groups is 1. The number of carbonyl (C=O) groups excluding carboxylic acids is 1. The van der Waals surface area contributed by atoms with Crippen molar-refractivity contribution in [3.63, 3.8) is 0 Å². The summed E-state index contributed by atoms with van der Waals surface area (Å²) in [6, 6.07) is 7.01. The molecule has 5 nitrogen and oxygen atoms in total. The topological polar surface area (TPSA) is 70.6 Å². The second-order valence-electron chi connectivity index (χ2n) is 5.35. The first kappa shape index (κ1) is 19.7. The largest absolute Gasteiger partial charge is 0.505 e. The maximum Gasteiger partial charge on any atom is 0.261 e. The number of phenols is 1. The molecule has 0 aromatic heterocycles. The molecule has 0 saturated carbocycles. The van der Waals surface area contributed by atoms with Crippen LogP contribution in [0.3, 0.4) is 0 Å². The Balaban J connectivity index is 2.21. The van der Waals surface area contributed by atoms with Crippen LogP contribution in [-0.4, -0.2) is 23.2 Å². The van der Waals surface area contributed by atoms with Crippen molar-refractivity contribution in [2.24, 2.45) is 0 Å². The number of phenolic OH excluding ortho intramolecular Hbond substituents is 1. The third kappa shape index (κ3) is 4.71. The lowest BCUT2D eigenvalue weighted by molar-refractivity contribution is 0.0974. The van der Waals surface area contributed by atoms with Crippen molar-refractivity contribution in [1.82, 2.24) is 5.32 Å². The Morgan fingerprint density at radius 1 is 1.20 bits per heavy atom. The van der Waals surface area contributed by atoms with Crippen LogP contribution in [0.1, 0.15) is 21.5 Å². The predicted octanol–water partition coefficient (Wildman–Crippen LogP) is 4.67. The zero-order chi connectivity index (χ0) is 18.7. The van der Waals surface area contributed by atoms with Gasteiger partial charge in [-0.3, -0.25) is 10.1 Å². The first-order valence-corrected chi connectivity index (χ1v) is 9.18. The molecular formula is C17H16Br2N2O3S. The van der Waals surface area contributed by atoms with Gasteiger partial charge in [0, 0.05) is 4.47 Å². The highest BCUT2D eigenvalue weighted by Gasteiger charge is 2.18. The number of benzene rings is 2. The zero-order valence-electron chi connectivity index (χ0n) is 13.7. The molecule has 0 aliphatic rings. The van der Waals surface area contributed by atoms with E-state index < -0.39 is 5.91 Å². The number of carbonyl (C=O) groups is 1. The Morgan fingerprint density at radius 3 is 2.52 bits per heavy atom. The van der Waals surface area contributed by atoms with E-state index >= 15 is 0 Å². The summed E-state index contributed by atoms with van der Waals surface area (Å²) in [5, 5.41) is 15.6. The number of nitrogens with one attached hydrogen (secondary N) is 2. The van der Waals surface area contributed by atoms with Crippen molar-refractivity contribution in [2.45, 2.75) is 13.8 Å². The van der Waals surface area contributed by atoms with Gasteiger partial charge in [0.15, 0.2) is 5.11 Å². The summed E-state index contributed by atoms with van der Waals surface area (Å²) in [7, 11) is 1.48. The van der Waals surface area contributed by atoms with Crippen molar-refractivity contribution >= 4 is 60.8 Å². The maximum absolute atomic E-state index is 12.5. The normalized spacial score (nSPS) is 10.3. The quantitative estimate of drug-likeness (QED) is 0.433. The number of hydrogen-bond donors (Lipinski definition) is 3. The van der Waals surface area contributed by atoms with Gasteiger partial charge in [-0.05, 0) is 71.3 Å². The molecule has 3 N–H and O–H groups in total. The lowest BCUT2D eigenvalue weighted by Crippen LogP contribution is -2.34. The Bertz CT molecular complexity index is 856. The van der Waals surface area contributed by atoms with Crippen LogP contribution in [0.15, 0.2) is 33.2 Å². The summed E-state index contributed by atoms with van der Waals surface area (Å²) in [6.45, 7) is 3.70. The van der Waals surface area contributed by atoms with Crippen LogP contribution in [-0.2, 0) is 0 Å². The van der Waals surface area contributed by atoms with Crippen molar-refractivity contribution in [1.29, 1.82) is 0 Å². The van der Waals surface area contributed by atoms with Gasteiger partial charge in [-0.15, -0.1) is 0 Å². The number of rotatable bonds is 3. The van der Waals surface area contributed by atoms with Gasteiger partial charge in [0.05, 0.1) is 22.8 Å². The second kappa shape index (κ2) is 8.16. The fourth-order valence-electron chi connectivity index (χ4n) is 2.32. The second-order valence-corrected chi connectivity index (χ2v) is 7.53. The smallest absolute Gasteiger partial charge is 0.261 e. The molecule has 0 aliphatic heterocycles. The highest BCUT2D eigenvalue weighted by atomic mass is 79.9. The number of aryl methyl sites for hydroxylation is 2. The van der Waals surface area contributed by atoms with Gasteiger partial charge >= 0.3 is 0 Å². The lowest BCUT2D eigenvalue weighted by Gasteiger charge is -2.15. The molecule has 2 aromatic carbocycles. The lowest BCUT2D eigenvalue weighted by atomic mass is 10.1. The monoisotopic (exact) mass is 486 g/mol. The van der Waals surface area contributed by atoms with Crippen LogP contribution in [0.4, 0.5) is 5.69 Å². The molecule has 25 heavy (non-hydrogen) atoms. The van der Waals surface area contributed by atoms with Crippen molar-refractivity contribution in [2.75, 3.05) is 12.4 Å². The molecule has 8 heteroatoms. The highest BCUT2D eigenvalue weighted by molar-refractivity contribution is 9.11. The van der Waals surface area contributed by atoms with Crippen LogP contribution in [0.5, 0.6) is 11.5 Å². The summed E-state index contributed by atoms with van der Waals surface area (Å²) in [6.07, 6.45) is 0. The molecule has 0 fully saturated rings. The average Bonchev–Trinajstić information content (AvgIpc) is 2.51. The minimum atomic E-state index is -0.430. The number of halogens is 2. The van der Waals surface area contributed by atoms with E-state index in [0.29, 0.717) is 27.0 Å². The van der Waals surface area contributed by atoms with Crippen molar-refractivity contribution in [3.8, 4) is 11.5 Å². The minimum Gasteiger partial charge on any atom is -0.505 e. The molecule has 0 saturated heterocycles. The number of thiocarbonyl (C=S) groups is 1. The van der Waals surface area contributed by atoms with Crippen LogP contribution < -0.4 is 15.4 Å². The van der Waals surface area contributed by atoms with Crippen LogP contribution in [0.25, 0.3) is 0 Å². The molecule has 2 rings (SSSR count). The number of anilines is 1. The molecule has 0 radical (unpaired) electrons. The van der Waals surface area contributed by atoms with E-state index in [0.717, 1.165) is 10.0 Å². The summed E-state index contributed by atoms with van der Waals surface area (Å²) < 4.78 is 6.63. The molecule has 132 valence electrons. The fraction of sp³-hybridized carbons (Fsp3) is 0.176. The van der Waals surface area contributed by atoms with Crippen LogP contribution >= 0.6 is 44.1 Å². The third-order valence-corrected chi connectivity index (χ3v) is 4.63. The van der Waals surface area contributed by atoms with E-state index in [1.54, 1.807) is 25.1 Å². The molecule has 2 aromatic rings. The molecule has 0 spiro atoms. The van der Waals surface area contributed by atoms with E-state index in [9.17, 15) is 9.90 Å². The summed E-state index contributed by atoms with van der Waals surface area (Å²) in [5.74, 6) is 0.0583. The Kier molecular flexibility index (Phi) is 6.42. The van der Waals surface area contributed by atoms with E-state index in [4.69, 9.17) is 17.0 Å². The molecule has 0 atom stereocenters. The van der Waals surface area contributed by atoms with Crippen LogP contribution in [0, 0.1) is 13.8 Å². The predicted molar refractivity (Wildman–Crippen MR) is 110 cm³/mol. The van der Waals surface area contributed by atoms with Crippen molar-refractivity contribution in [3.05, 3.63) is 49.9 Å². The van der Waals surface area contributed by atoms with Gasteiger partial charge in [0.1, 0.15) is 11.5 Å². The summed E-state index contributed by atoms with van der Waals surface area (Å²) in [5.41, 5.74) is 2.43. The van der Waals surface area contributed by atoms with Gasteiger partial charge < -0.3 is 15.2 Å². The number of methoxy groups -OCH3 is 1. The van der Waals surface area contributed by atoms with Gasteiger partial charge in [0.25, 0.3) is 5.91 Å². The molecule has 0 unspecified atom stereocenters. The maximum atomic E-state index is 12.5. The van der Waals surface area contributed by atoms with Gasteiger partial charge in [-0.25, -0.2) is 0 Å². The molecule has 0 bridgehead atoms. The molecular weight excluding hydrogens is 472 g/mol. The number of amides is 1. The number of ether oxygens (including phenoxy) is 1.